The molecule has 4 aromatic rings. The number of nitrogens with zero attached hydrogens (tertiary/aromatic N) is 2. The highest BCUT2D eigenvalue weighted by atomic mass is 32.2. The lowest BCUT2D eigenvalue weighted by Gasteiger charge is -2.20. The van der Waals surface area contributed by atoms with Crippen molar-refractivity contribution in [1.82, 2.24) is 4.98 Å². The first kappa shape index (κ1) is 24.9. The fourth-order valence-electron chi connectivity index (χ4n) is 3.63. The second-order valence-corrected chi connectivity index (χ2v) is 12.0. The topological polar surface area (TPSA) is 76.6 Å². The molecule has 0 aliphatic heterocycles. The van der Waals surface area contributed by atoms with Crippen molar-refractivity contribution in [3.8, 4) is 5.75 Å². The van der Waals surface area contributed by atoms with Gasteiger partial charge >= 0.3 is 0 Å². The lowest BCUT2D eigenvalue weighted by Crippen LogP contribution is -2.31. The third kappa shape index (κ3) is 5.71. The van der Waals surface area contributed by atoms with Crippen LogP contribution in [0.3, 0.4) is 0 Å². The molecule has 0 atom stereocenters. The first-order valence-electron chi connectivity index (χ1n) is 11.5. The molecule has 1 aromatic heterocycles. The molecule has 0 saturated heterocycles. The van der Waals surface area contributed by atoms with Crippen molar-refractivity contribution in [2.24, 2.45) is 0 Å². The van der Waals surface area contributed by atoms with Crippen LogP contribution in [0.2, 0.25) is 0 Å². The molecule has 0 unspecified atom stereocenters. The molecule has 0 spiro atoms. The van der Waals surface area contributed by atoms with Crippen molar-refractivity contribution >= 4 is 42.4 Å². The zero-order valence-electron chi connectivity index (χ0n) is 20.0. The van der Waals surface area contributed by atoms with Crippen LogP contribution < -0.4 is 9.64 Å². The smallest absolute Gasteiger partial charge is 0.233 e. The maximum absolute atomic E-state index is 13.5. The minimum atomic E-state index is -3.36. The number of fused-ring (bicyclic) bond motifs is 1. The van der Waals surface area contributed by atoms with Gasteiger partial charge in [-0.05, 0) is 62.2 Å². The number of carbonyl (C=O) groups is 1. The van der Waals surface area contributed by atoms with Crippen LogP contribution in [0.15, 0.2) is 77.7 Å². The zero-order valence-corrected chi connectivity index (χ0v) is 21.6. The average Bonchev–Trinajstić information content (AvgIpc) is 3.26. The molecular weight excluding hydrogens is 480 g/mol. The van der Waals surface area contributed by atoms with E-state index in [0.717, 1.165) is 27.1 Å². The molecule has 8 heteroatoms. The van der Waals surface area contributed by atoms with Crippen molar-refractivity contribution in [2.75, 3.05) is 11.5 Å². The highest BCUT2D eigenvalue weighted by Gasteiger charge is 2.22. The summed E-state index contributed by atoms with van der Waals surface area (Å²) in [5, 5.41) is 0.111. The molecule has 0 aliphatic rings. The molecule has 6 nitrogen and oxygen atoms in total. The standard InChI is InChI=1S/C27H28N2O4S2/c1-4-33-22-12-15-24-25(17-22)34-27(28-24)29(18-21-8-6-5-7-9-21)26(30)16-20-10-13-23(14-11-20)35(31,32)19(2)3/h5-15,17,19H,4,16,18H2,1-3H3. The van der Waals surface area contributed by atoms with Gasteiger partial charge in [-0.2, -0.15) is 0 Å². The number of thiazole rings is 1. The normalized spacial score (nSPS) is 11.7. The molecule has 0 saturated carbocycles. The van der Waals surface area contributed by atoms with E-state index in [-0.39, 0.29) is 17.2 Å². The minimum Gasteiger partial charge on any atom is -0.494 e. The molecule has 0 bridgehead atoms. The van der Waals surface area contributed by atoms with E-state index in [1.54, 1.807) is 43.0 Å². The molecule has 1 amide bonds. The summed E-state index contributed by atoms with van der Waals surface area (Å²) in [6.07, 6.45) is 0.134. The number of hydrogen-bond donors (Lipinski definition) is 0. The lowest BCUT2D eigenvalue weighted by atomic mass is 10.1. The number of ether oxygens (including phenoxy) is 1. The Bertz CT molecular complexity index is 1410. The number of sulfone groups is 1. The Labute approximate surface area is 210 Å². The molecule has 0 fully saturated rings. The van der Waals surface area contributed by atoms with Gasteiger partial charge in [0, 0.05) is 0 Å². The van der Waals surface area contributed by atoms with Crippen molar-refractivity contribution in [2.45, 2.75) is 43.9 Å². The molecule has 182 valence electrons. The Balaban J connectivity index is 1.63. The number of aromatic nitrogens is 1. The van der Waals surface area contributed by atoms with Crippen LogP contribution in [-0.2, 0) is 27.6 Å². The number of rotatable bonds is 9. The highest BCUT2D eigenvalue weighted by Crippen LogP contribution is 2.33. The van der Waals surface area contributed by atoms with Crippen molar-refractivity contribution in [1.29, 1.82) is 0 Å². The fraction of sp³-hybridized carbons (Fsp3) is 0.259. The van der Waals surface area contributed by atoms with E-state index in [1.165, 1.54) is 11.3 Å². The van der Waals surface area contributed by atoms with Crippen molar-refractivity contribution in [3.63, 3.8) is 0 Å². The minimum absolute atomic E-state index is 0.114. The largest absolute Gasteiger partial charge is 0.494 e. The van der Waals surface area contributed by atoms with E-state index in [1.807, 2.05) is 55.5 Å². The maximum atomic E-state index is 13.5. The molecule has 0 radical (unpaired) electrons. The summed E-state index contributed by atoms with van der Waals surface area (Å²) >= 11 is 1.45. The van der Waals surface area contributed by atoms with Gasteiger partial charge in [0.2, 0.25) is 5.91 Å². The third-order valence-electron chi connectivity index (χ3n) is 5.60. The summed E-state index contributed by atoms with van der Waals surface area (Å²) in [6, 6.07) is 22.1. The summed E-state index contributed by atoms with van der Waals surface area (Å²) in [6.45, 7) is 6.21. The number of amides is 1. The van der Waals surface area contributed by atoms with E-state index < -0.39 is 15.1 Å². The SMILES string of the molecule is CCOc1ccc2nc(N(Cc3ccccc3)C(=O)Cc3ccc(S(=O)(=O)C(C)C)cc3)sc2c1. The number of anilines is 1. The summed E-state index contributed by atoms with van der Waals surface area (Å²) < 4.78 is 31.4. The van der Waals surface area contributed by atoms with Crippen LogP contribution in [0.5, 0.6) is 5.75 Å². The summed E-state index contributed by atoms with van der Waals surface area (Å²) in [7, 11) is -3.36. The number of benzene rings is 3. The fourth-order valence-corrected chi connectivity index (χ4v) is 5.70. The Morgan fingerprint density at radius 2 is 1.71 bits per heavy atom. The van der Waals surface area contributed by atoms with Gasteiger partial charge in [-0.25, -0.2) is 13.4 Å². The van der Waals surface area contributed by atoms with Crippen molar-refractivity contribution < 1.29 is 17.9 Å². The van der Waals surface area contributed by atoms with Crippen LogP contribution in [0, 0.1) is 0 Å². The Morgan fingerprint density at radius 1 is 1.00 bits per heavy atom. The monoisotopic (exact) mass is 508 g/mol. The van der Waals surface area contributed by atoms with Gasteiger partial charge in [0.25, 0.3) is 0 Å². The van der Waals surface area contributed by atoms with Gasteiger partial charge in [0.1, 0.15) is 5.75 Å². The second-order valence-electron chi connectivity index (χ2n) is 8.44. The Hall–Kier alpha value is -3.23. The quantitative estimate of drug-likeness (QED) is 0.292. The highest BCUT2D eigenvalue weighted by molar-refractivity contribution is 7.92. The van der Waals surface area contributed by atoms with Gasteiger partial charge in [-0.1, -0.05) is 53.8 Å². The van der Waals surface area contributed by atoms with Crippen LogP contribution in [0.1, 0.15) is 31.9 Å². The molecule has 0 N–H and O–H groups in total. The average molecular weight is 509 g/mol. The van der Waals surface area contributed by atoms with Gasteiger partial charge in [0.15, 0.2) is 15.0 Å². The first-order valence-corrected chi connectivity index (χ1v) is 13.8. The molecule has 3 aromatic carbocycles. The third-order valence-corrected chi connectivity index (χ3v) is 8.81. The van der Waals surface area contributed by atoms with E-state index >= 15 is 0 Å². The lowest BCUT2D eigenvalue weighted by molar-refractivity contribution is -0.118. The summed E-state index contributed by atoms with van der Waals surface area (Å²) in [5.41, 5.74) is 2.55. The van der Waals surface area contributed by atoms with Crippen LogP contribution in [0.25, 0.3) is 10.2 Å². The van der Waals surface area contributed by atoms with Crippen LogP contribution in [0.4, 0.5) is 5.13 Å². The Kier molecular flexibility index (Phi) is 7.52. The predicted octanol–water partition coefficient (Wildman–Crippen LogP) is 5.65. The van der Waals surface area contributed by atoms with Gasteiger partial charge in [0.05, 0.1) is 39.9 Å². The molecule has 35 heavy (non-hydrogen) atoms. The van der Waals surface area contributed by atoms with Crippen molar-refractivity contribution in [3.05, 3.63) is 83.9 Å². The molecular formula is C27H28N2O4S2. The second kappa shape index (κ2) is 10.6. The maximum Gasteiger partial charge on any atom is 0.233 e. The molecule has 1 heterocycles. The van der Waals surface area contributed by atoms with Crippen LogP contribution in [-0.4, -0.2) is 31.2 Å². The Morgan fingerprint density at radius 3 is 2.37 bits per heavy atom. The van der Waals surface area contributed by atoms with E-state index in [2.05, 4.69) is 0 Å². The first-order chi connectivity index (χ1) is 16.8. The zero-order chi connectivity index (χ0) is 25.0. The predicted molar refractivity (Wildman–Crippen MR) is 141 cm³/mol. The van der Waals surface area contributed by atoms with E-state index in [9.17, 15) is 13.2 Å². The summed E-state index contributed by atoms with van der Waals surface area (Å²) in [5.74, 6) is 0.657. The molecule has 0 aliphatic carbocycles. The summed E-state index contributed by atoms with van der Waals surface area (Å²) in [4.78, 5) is 20.2. The number of carbonyl (C=O) groups excluding carboxylic acids is 1. The van der Waals surface area contributed by atoms with Gasteiger partial charge in [-0.3, -0.25) is 9.69 Å². The van der Waals surface area contributed by atoms with Gasteiger partial charge < -0.3 is 4.74 Å². The van der Waals surface area contributed by atoms with Gasteiger partial charge in [-0.15, -0.1) is 0 Å². The van der Waals surface area contributed by atoms with E-state index in [0.29, 0.717) is 18.3 Å². The van der Waals surface area contributed by atoms with Crippen LogP contribution >= 0.6 is 11.3 Å². The molecule has 4 rings (SSSR count). The van der Waals surface area contributed by atoms with E-state index in [4.69, 9.17) is 9.72 Å². The number of hydrogen-bond acceptors (Lipinski definition) is 6.